The highest BCUT2D eigenvalue weighted by Crippen LogP contribution is 2.19. The molecule has 2 aromatic rings. The molecule has 2 heterocycles. The summed E-state index contributed by atoms with van der Waals surface area (Å²) >= 11 is 1.58. The van der Waals surface area contributed by atoms with Gasteiger partial charge in [-0.1, -0.05) is 18.2 Å². The molecule has 128 valence electrons. The van der Waals surface area contributed by atoms with Gasteiger partial charge in [0.05, 0.1) is 17.8 Å². The van der Waals surface area contributed by atoms with Gasteiger partial charge in [-0.3, -0.25) is 9.69 Å². The first kappa shape index (κ1) is 16.9. The molecule has 0 unspecified atom stereocenters. The number of carbonyl (C=O) groups is 1. The van der Waals surface area contributed by atoms with Gasteiger partial charge < -0.3 is 15.7 Å². The van der Waals surface area contributed by atoms with Gasteiger partial charge in [0.1, 0.15) is 0 Å². The molecule has 1 fully saturated rings. The Bertz CT molecular complexity index is 676. The first-order valence-corrected chi connectivity index (χ1v) is 8.92. The van der Waals surface area contributed by atoms with Crippen molar-refractivity contribution in [1.82, 2.24) is 15.2 Å². The van der Waals surface area contributed by atoms with E-state index < -0.39 is 6.10 Å². The Balaban J connectivity index is 1.52. The zero-order valence-electron chi connectivity index (χ0n) is 13.6. The number of aromatic nitrogens is 1. The third-order valence-corrected chi connectivity index (χ3v) is 5.08. The lowest BCUT2D eigenvalue weighted by molar-refractivity contribution is 0.0346. The molecule has 0 aliphatic carbocycles. The molecule has 0 saturated carbocycles. The van der Waals surface area contributed by atoms with Gasteiger partial charge in [0.15, 0.2) is 5.13 Å². The molecule has 2 atom stereocenters. The number of β-amino-alcohol motifs (C(OH)–C–C–N with tert-alkyl or cyclic N) is 1. The van der Waals surface area contributed by atoms with E-state index in [2.05, 4.69) is 20.5 Å². The van der Waals surface area contributed by atoms with Crippen LogP contribution in [-0.2, 0) is 6.54 Å². The van der Waals surface area contributed by atoms with E-state index in [9.17, 15) is 9.90 Å². The van der Waals surface area contributed by atoms with Crippen molar-refractivity contribution in [1.29, 1.82) is 0 Å². The van der Waals surface area contributed by atoms with Gasteiger partial charge in [0, 0.05) is 37.6 Å². The fourth-order valence-corrected chi connectivity index (χ4v) is 3.54. The van der Waals surface area contributed by atoms with E-state index in [4.69, 9.17) is 0 Å². The summed E-state index contributed by atoms with van der Waals surface area (Å²) in [5.41, 5.74) is 1.62. The van der Waals surface area contributed by atoms with E-state index in [0.29, 0.717) is 18.7 Å². The van der Waals surface area contributed by atoms with Crippen LogP contribution in [0.1, 0.15) is 22.5 Å². The molecule has 0 radical (unpaired) electrons. The lowest BCUT2D eigenvalue weighted by Crippen LogP contribution is -2.53. The SMILES string of the molecule is CNc1nc(CN2CC[C@@H](NC(=O)c3ccccc3)[C@H](O)C2)cs1. The lowest BCUT2D eigenvalue weighted by atomic mass is 10.0. The number of rotatable bonds is 5. The monoisotopic (exact) mass is 346 g/mol. The number of aliphatic hydroxyl groups excluding tert-OH is 1. The Hall–Kier alpha value is -1.96. The van der Waals surface area contributed by atoms with Crippen LogP contribution < -0.4 is 10.6 Å². The van der Waals surface area contributed by atoms with E-state index in [-0.39, 0.29) is 11.9 Å². The van der Waals surface area contributed by atoms with Crippen LogP contribution in [0.15, 0.2) is 35.7 Å². The van der Waals surface area contributed by atoms with Gasteiger partial charge in [-0.15, -0.1) is 11.3 Å². The van der Waals surface area contributed by atoms with Crippen molar-refractivity contribution in [3.8, 4) is 0 Å². The highest BCUT2D eigenvalue weighted by atomic mass is 32.1. The maximum atomic E-state index is 12.2. The second-order valence-electron chi connectivity index (χ2n) is 5.93. The lowest BCUT2D eigenvalue weighted by Gasteiger charge is -2.35. The molecule has 1 saturated heterocycles. The van der Waals surface area contributed by atoms with Gasteiger partial charge in [0.2, 0.25) is 0 Å². The first-order chi connectivity index (χ1) is 11.7. The van der Waals surface area contributed by atoms with Crippen LogP contribution in [0.25, 0.3) is 0 Å². The molecule has 6 nitrogen and oxygen atoms in total. The Morgan fingerprint density at radius 1 is 1.42 bits per heavy atom. The average molecular weight is 346 g/mol. The summed E-state index contributed by atoms with van der Waals surface area (Å²) in [4.78, 5) is 18.9. The second kappa shape index (κ2) is 7.74. The third kappa shape index (κ3) is 4.11. The Morgan fingerprint density at radius 3 is 2.88 bits per heavy atom. The van der Waals surface area contributed by atoms with Gasteiger partial charge in [-0.25, -0.2) is 4.98 Å². The molecule has 24 heavy (non-hydrogen) atoms. The fourth-order valence-electron chi connectivity index (χ4n) is 2.87. The normalized spacial score (nSPS) is 21.4. The van der Waals surface area contributed by atoms with Crippen LogP contribution in [0.3, 0.4) is 0 Å². The van der Waals surface area contributed by atoms with Crippen molar-refractivity contribution in [2.75, 3.05) is 25.5 Å². The minimum Gasteiger partial charge on any atom is -0.390 e. The number of anilines is 1. The van der Waals surface area contributed by atoms with Gasteiger partial charge >= 0.3 is 0 Å². The van der Waals surface area contributed by atoms with Crippen molar-refractivity contribution in [3.63, 3.8) is 0 Å². The van der Waals surface area contributed by atoms with Crippen LogP contribution in [0, 0.1) is 0 Å². The van der Waals surface area contributed by atoms with E-state index >= 15 is 0 Å². The molecule has 1 aliphatic rings. The molecule has 3 rings (SSSR count). The summed E-state index contributed by atoms with van der Waals surface area (Å²) in [5.74, 6) is -0.133. The Kier molecular flexibility index (Phi) is 5.44. The molecule has 3 N–H and O–H groups in total. The molecule has 0 spiro atoms. The van der Waals surface area contributed by atoms with E-state index in [1.54, 1.807) is 23.5 Å². The Morgan fingerprint density at radius 2 is 2.21 bits per heavy atom. The van der Waals surface area contributed by atoms with Crippen molar-refractivity contribution >= 4 is 22.4 Å². The zero-order chi connectivity index (χ0) is 16.9. The number of nitrogens with zero attached hydrogens (tertiary/aromatic N) is 2. The number of carbonyl (C=O) groups excluding carboxylic acids is 1. The van der Waals surface area contributed by atoms with E-state index in [1.165, 1.54) is 0 Å². The molecule has 0 bridgehead atoms. The maximum Gasteiger partial charge on any atom is 0.251 e. The average Bonchev–Trinajstić information content (AvgIpc) is 3.05. The van der Waals surface area contributed by atoms with Gasteiger partial charge in [-0.2, -0.15) is 0 Å². The summed E-state index contributed by atoms with van der Waals surface area (Å²) in [6.45, 7) is 2.07. The quantitative estimate of drug-likeness (QED) is 0.766. The number of nitrogens with one attached hydrogen (secondary N) is 2. The number of hydrogen-bond acceptors (Lipinski definition) is 6. The predicted molar refractivity (Wildman–Crippen MR) is 95.3 cm³/mol. The minimum absolute atomic E-state index is 0.133. The number of thiazole rings is 1. The van der Waals surface area contributed by atoms with Crippen molar-refractivity contribution in [3.05, 3.63) is 47.0 Å². The maximum absolute atomic E-state index is 12.2. The van der Waals surface area contributed by atoms with Gasteiger partial charge in [0.25, 0.3) is 5.91 Å². The molecule has 1 aromatic carbocycles. The van der Waals surface area contributed by atoms with Crippen LogP contribution in [0.4, 0.5) is 5.13 Å². The predicted octanol–water partition coefficient (Wildman–Crippen LogP) is 1.55. The number of benzene rings is 1. The van der Waals surface area contributed by atoms with Crippen LogP contribution in [-0.4, -0.2) is 53.2 Å². The molecule has 1 aliphatic heterocycles. The molecule has 7 heteroatoms. The first-order valence-electron chi connectivity index (χ1n) is 8.04. The second-order valence-corrected chi connectivity index (χ2v) is 6.79. The van der Waals surface area contributed by atoms with Crippen molar-refractivity contribution < 1.29 is 9.90 Å². The zero-order valence-corrected chi connectivity index (χ0v) is 14.4. The summed E-state index contributed by atoms with van der Waals surface area (Å²) in [5, 5.41) is 19.3. The summed E-state index contributed by atoms with van der Waals surface area (Å²) in [6.07, 6.45) is 0.150. The number of likely N-dealkylation sites (tertiary alicyclic amines) is 1. The largest absolute Gasteiger partial charge is 0.390 e. The smallest absolute Gasteiger partial charge is 0.251 e. The Labute approximate surface area is 145 Å². The highest BCUT2D eigenvalue weighted by molar-refractivity contribution is 7.13. The molecule has 1 aromatic heterocycles. The van der Waals surface area contributed by atoms with Crippen LogP contribution in [0.2, 0.25) is 0 Å². The summed E-state index contributed by atoms with van der Waals surface area (Å²) < 4.78 is 0. The van der Waals surface area contributed by atoms with Crippen LogP contribution >= 0.6 is 11.3 Å². The number of hydrogen-bond donors (Lipinski definition) is 3. The fraction of sp³-hybridized carbons (Fsp3) is 0.412. The van der Waals surface area contributed by atoms with Gasteiger partial charge in [-0.05, 0) is 18.6 Å². The topological polar surface area (TPSA) is 77.5 Å². The highest BCUT2D eigenvalue weighted by Gasteiger charge is 2.29. The van der Waals surface area contributed by atoms with Crippen molar-refractivity contribution in [2.45, 2.75) is 25.1 Å². The number of piperidine rings is 1. The number of amides is 1. The summed E-state index contributed by atoms with van der Waals surface area (Å²) in [7, 11) is 1.85. The van der Waals surface area contributed by atoms with Crippen molar-refractivity contribution in [2.24, 2.45) is 0 Å². The van der Waals surface area contributed by atoms with Crippen LogP contribution in [0.5, 0.6) is 0 Å². The van der Waals surface area contributed by atoms with E-state index in [0.717, 1.165) is 23.8 Å². The third-order valence-electron chi connectivity index (χ3n) is 4.17. The summed E-state index contributed by atoms with van der Waals surface area (Å²) in [6, 6.07) is 8.89. The molecule has 1 amide bonds. The molecular weight excluding hydrogens is 324 g/mol. The minimum atomic E-state index is -0.575. The standard InChI is InChI=1S/C17H22N4O2S/c1-18-17-19-13(11-24-17)9-21-8-7-14(15(22)10-21)20-16(23)12-5-3-2-4-6-12/h2-6,11,14-15,22H,7-10H2,1H3,(H,18,19)(H,20,23)/t14-,15-/m1/s1. The van der Waals surface area contributed by atoms with E-state index in [1.807, 2.05) is 30.6 Å². The number of aliphatic hydroxyl groups is 1. The molecular formula is C17H22N4O2S.